The van der Waals surface area contributed by atoms with E-state index in [1.807, 2.05) is 0 Å². The number of primary amides is 2. The number of fused-ring (bicyclic) bond motifs is 1. The number of hydrogen-bond acceptors (Lipinski definition) is 19. The summed E-state index contributed by atoms with van der Waals surface area (Å²) in [6.07, 6.45) is 0.155. The molecule has 0 bridgehead atoms. The molecular formula is C69H93FN18O16S2. The molecule has 0 radical (unpaired) electrons. The molecule has 37 heteroatoms. The number of carbonyl (C=O) groups is 14. The second kappa shape index (κ2) is 41.2. The second-order valence-electron chi connectivity index (χ2n) is 26.0. The molecule has 7 rings (SSSR count). The minimum absolute atomic E-state index is 0.00470. The number of amides is 13. The van der Waals surface area contributed by atoms with Gasteiger partial charge < -0.3 is 102 Å². The lowest BCUT2D eigenvalue weighted by Gasteiger charge is -2.30. The number of nitrogens with zero attached hydrogens (tertiary/aromatic N) is 2. The number of guanidine groups is 1. The lowest BCUT2D eigenvalue weighted by molar-refractivity contribution is -0.139. The highest BCUT2D eigenvalue weighted by molar-refractivity contribution is 8.76. The Kier molecular flexibility index (Phi) is 32.2. The number of nitrogens with two attached hydrogens (primary N) is 5. The zero-order chi connectivity index (χ0) is 77.0. The number of H-pyrrole nitrogens is 1. The molecule has 34 nitrogen and oxygen atoms in total. The third-order valence-electron chi connectivity index (χ3n) is 18.1. The van der Waals surface area contributed by atoms with E-state index in [0.717, 1.165) is 27.7 Å². The molecule has 4 aromatic rings. The zero-order valence-electron chi connectivity index (χ0n) is 58.2. The van der Waals surface area contributed by atoms with Gasteiger partial charge in [0.25, 0.3) is 0 Å². The summed E-state index contributed by atoms with van der Waals surface area (Å²) in [5.74, 6) is -16.0. The van der Waals surface area contributed by atoms with Crippen molar-refractivity contribution in [2.45, 2.75) is 170 Å². The Balaban J connectivity index is 1.28. The average Bonchev–Trinajstić information content (AvgIpc) is 1.64. The predicted octanol–water partition coefficient (Wildman–Crippen LogP) is -2.50. The van der Waals surface area contributed by atoms with E-state index in [-0.39, 0.29) is 75.4 Å². The minimum atomic E-state index is -1.75. The van der Waals surface area contributed by atoms with E-state index in [9.17, 15) is 63.0 Å². The van der Waals surface area contributed by atoms with Crippen LogP contribution in [0.15, 0.2) is 84.0 Å². The normalized spacial score (nSPS) is 22.8. The number of carboxylic acids is 1. The Morgan fingerprint density at radius 2 is 1.26 bits per heavy atom. The molecule has 1 aliphatic carbocycles. The number of rotatable bonds is 24. The van der Waals surface area contributed by atoms with Gasteiger partial charge in [-0.25, -0.2) is 4.39 Å². The van der Waals surface area contributed by atoms with Crippen LogP contribution in [-0.4, -0.2) is 207 Å². The number of carboxylic acid groups (broad SMARTS) is 1. The van der Waals surface area contributed by atoms with Gasteiger partial charge in [-0.3, -0.25) is 72.1 Å². The van der Waals surface area contributed by atoms with Crippen LogP contribution >= 0.6 is 21.6 Å². The van der Waals surface area contributed by atoms with E-state index in [4.69, 9.17) is 28.7 Å². The van der Waals surface area contributed by atoms with Crippen LogP contribution in [0.4, 0.5) is 4.39 Å². The maximum atomic E-state index is 15.7. The Hall–Kier alpha value is -10.6. The highest BCUT2D eigenvalue weighted by Crippen LogP contribution is 2.30. The largest absolute Gasteiger partial charge is 0.508 e. The maximum Gasteiger partial charge on any atom is 0.303 e. The van der Waals surface area contributed by atoms with Crippen LogP contribution in [0, 0.1) is 11.7 Å². The summed E-state index contributed by atoms with van der Waals surface area (Å²) < 4.78 is 15.7. The fourth-order valence-electron chi connectivity index (χ4n) is 12.5. The fraction of sp³-hybridized carbons (Fsp3) is 0.493. The van der Waals surface area contributed by atoms with Gasteiger partial charge in [-0.05, 0) is 98.2 Å². The minimum Gasteiger partial charge on any atom is -0.508 e. The quantitative estimate of drug-likeness (QED) is 0.0149. The van der Waals surface area contributed by atoms with Crippen LogP contribution in [0.5, 0.6) is 5.75 Å². The van der Waals surface area contributed by atoms with Crippen molar-refractivity contribution < 1.29 is 81.7 Å². The number of aromatic amines is 1. The molecule has 10 atom stereocenters. The molecule has 3 heterocycles. The van der Waals surface area contributed by atoms with Crippen molar-refractivity contribution in [1.29, 1.82) is 0 Å². The number of aromatic nitrogens is 1. The smallest absolute Gasteiger partial charge is 0.303 e. The number of halogens is 1. The summed E-state index contributed by atoms with van der Waals surface area (Å²) in [5.41, 5.74) is 29.7. The number of para-hydroxylation sites is 1. The number of carbonyl (C=O) groups excluding carboxylic acids is 13. The van der Waals surface area contributed by atoms with Crippen LogP contribution in [0.3, 0.4) is 0 Å². The number of aliphatic imine (C=N–C) groups is 1. The molecule has 106 heavy (non-hydrogen) atoms. The van der Waals surface area contributed by atoms with Crippen LogP contribution < -0.4 is 81.8 Å². The van der Waals surface area contributed by atoms with Gasteiger partial charge in [0.15, 0.2) is 5.96 Å². The summed E-state index contributed by atoms with van der Waals surface area (Å²) >= 11 is 0. The molecular weight excluding hydrogens is 1420 g/mol. The van der Waals surface area contributed by atoms with Crippen LogP contribution in [0.2, 0.25) is 0 Å². The first-order chi connectivity index (χ1) is 50.7. The van der Waals surface area contributed by atoms with E-state index in [2.05, 4.69) is 63.1 Å². The molecule has 0 spiro atoms. The second-order valence-corrected chi connectivity index (χ2v) is 28.5. The van der Waals surface area contributed by atoms with Gasteiger partial charge in [0, 0.05) is 99.7 Å². The first kappa shape index (κ1) is 82.7. The summed E-state index contributed by atoms with van der Waals surface area (Å²) in [7, 11) is 1.70. The third-order valence-corrected chi connectivity index (χ3v) is 20.5. The van der Waals surface area contributed by atoms with E-state index in [0.29, 0.717) is 54.1 Å². The highest BCUT2D eigenvalue weighted by Gasteiger charge is 2.41. The molecule has 23 N–H and O–H groups in total. The zero-order valence-corrected chi connectivity index (χ0v) is 59.8. The molecule has 13 amide bonds. The summed E-state index contributed by atoms with van der Waals surface area (Å²) in [6, 6.07) is 2.55. The van der Waals surface area contributed by atoms with Crippen molar-refractivity contribution >= 4 is 121 Å². The number of phenolic OH excluding ortho intramolecular Hbond substituents is 1. The number of aromatic hydroxyl groups is 1. The van der Waals surface area contributed by atoms with Crippen molar-refractivity contribution in [3.05, 3.63) is 102 Å². The van der Waals surface area contributed by atoms with E-state index < -0.39 is 211 Å². The number of likely N-dealkylation sites (tertiary alicyclic amines) is 1. The van der Waals surface area contributed by atoms with Gasteiger partial charge >= 0.3 is 5.97 Å². The van der Waals surface area contributed by atoms with Crippen molar-refractivity contribution in [2.24, 2.45) is 39.6 Å². The van der Waals surface area contributed by atoms with Gasteiger partial charge in [0.05, 0.1) is 0 Å². The lowest BCUT2D eigenvalue weighted by atomic mass is 9.95. The molecule has 574 valence electrons. The van der Waals surface area contributed by atoms with Crippen molar-refractivity contribution in [2.75, 3.05) is 37.7 Å². The number of phenols is 1. The molecule has 1 aromatic heterocycles. The van der Waals surface area contributed by atoms with Gasteiger partial charge in [-0.2, -0.15) is 0 Å². The summed E-state index contributed by atoms with van der Waals surface area (Å²) in [4.78, 5) is 206. The van der Waals surface area contributed by atoms with Crippen LogP contribution in [0.1, 0.15) is 107 Å². The first-order valence-corrected chi connectivity index (χ1v) is 37.3. The van der Waals surface area contributed by atoms with Crippen LogP contribution in [-0.2, 0) is 86.4 Å². The fourth-order valence-corrected chi connectivity index (χ4v) is 14.8. The standard InChI is InChI=1S/C69H93FN18O16S2/c70-43-13-5-3-11-39(43)32-49-64(100)80-45(15-7-28-77-69(74)75)60(96)76-29-26-55(91)79-46(21-23-54(72)90)61(97)82-50(33-40-34-78-44-14-6-4-12-42(40)44)65(101)81-47(22-24-57(93)94)62(98)85-51(59(73)95)35-105-106-36-52(66(102)87-58(68(104)84-49)38-9-1-2-10-38)86-63(99)48(31-37-17-19-41(89)20-18-37)83-67(103)53-16-8-30-88(53)56(92)25-27-71/h3-6,11-14,17-20,34,38,45-53,58,78,89H,1-2,7-10,15-16,21-33,35-36,71H2,(H2,72,90)(H2,73,95)(H,76,96)(H,79,91)(H,80,100)(H,81,101)(H,82,97)(H,83,103)(H,84,104)(H,85,98)(H,86,99)(H,87,102)(H,93,94)(H4,74,75,77)/t45-,46-,47-,48-,49-,50-,51+,52-,53-,58-/m0/s1. The predicted molar refractivity (Wildman–Crippen MR) is 389 cm³/mol. The van der Waals surface area contributed by atoms with Gasteiger partial charge in [-0.15, -0.1) is 0 Å². The molecule has 1 saturated carbocycles. The Bertz CT molecular complexity index is 3840. The van der Waals surface area contributed by atoms with Crippen molar-refractivity contribution in [1.82, 2.24) is 63.1 Å². The number of benzene rings is 3. The van der Waals surface area contributed by atoms with E-state index in [1.54, 1.807) is 30.5 Å². The van der Waals surface area contributed by atoms with Crippen molar-refractivity contribution in [3.8, 4) is 5.75 Å². The lowest BCUT2D eigenvalue weighted by Crippen LogP contribution is -2.61. The van der Waals surface area contributed by atoms with Crippen LogP contribution in [0.25, 0.3) is 10.9 Å². The maximum absolute atomic E-state index is 15.7. The Labute approximate surface area is 617 Å². The number of hydrogen-bond donors (Lipinski definition) is 18. The molecule has 2 aliphatic heterocycles. The molecule has 0 unspecified atom stereocenters. The summed E-state index contributed by atoms with van der Waals surface area (Å²) in [5, 5.41) is 46.8. The van der Waals surface area contributed by atoms with Crippen molar-refractivity contribution in [3.63, 3.8) is 0 Å². The van der Waals surface area contributed by atoms with Gasteiger partial charge in [0.1, 0.15) is 72.0 Å². The average molecular weight is 1510 g/mol. The molecule has 2 saturated heterocycles. The Morgan fingerprint density at radius 1 is 0.651 bits per heavy atom. The SMILES string of the molecule is NCCC(=O)N1CCC[C@H]1C(=O)N[C@@H](Cc1ccc(O)cc1)C(=O)N[C@H]1CSSC[C@H](C(N)=O)NC(=O)[C@H](CCC(=O)O)NC(=O)[C@H](Cc2c[nH]c3ccccc23)NC(=O)[C@H](CCC(N)=O)NC(=O)CCNC(=O)[C@H](CCCN=C(N)N)NC(=O)[C@H](Cc2ccccc2F)NC(=O)[C@H](C2CCCC2)NC1=O. The monoisotopic (exact) mass is 1510 g/mol. The van der Waals surface area contributed by atoms with Gasteiger partial charge in [0.2, 0.25) is 76.8 Å². The van der Waals surface area contributed by atoms with E-state index in [1.165, 1.54) is 47.4 Å². The topological polar surface area (TPSA) is 561 Å². The van der Waals surface area contributed by atoms with Gasteiger partial charge in [-0.1, -0.05) is 83.0 Å². The first-order valence-electron chi connectivity index (χ1n) is 34.8. The number of nitrogens with one attached hydrogen (secondary N) is 11. The summed E-state index contributed by atoms with van der Waals surface area (Å²) in [6.45, 7) is -0.266. The number of aliphatic carboxylic acids is 1. The highest BCUT2D eigenvalue weighted by atomic mass is 33.1. The Morgan fingerprint density at radius 3 is 1.93 bits per heavy atom. The molecule has 3 aromatic carbocycles. The van der Waals surface area contributed by atoms with E-state index >= 15 is 18.8 Å². The third kappa shape index (κ3) is 25.6. The molecule has 3 aliphatic rings. The molecule has 3 fully saturated rings.